The molecule has 0 aromatic heterocycles. The summed E-state index contributed by atoms with van der Waals surface area (Å²) in [5, 5.41) is 2.90. The lowest BCUT2D eigenvalue weighted by Crippen LogP contribution is -2.70. The van der Waals surface area contributed by atoms with Gasteiger partial charge in [0, 0.05) is 18.8 Å². The van der Waals surface area contributed by atoms with Crippen LogP contribution in [-0.4, -0.2) is 49.4 Å². The summed E-state index contributed by atoms with van der Waals surface area (Å²) < 4.78 is 25.5. The predicted octanol–water partition coefficient (Wildman–Crippen LogP) is 2.80. The number of carbonyl (C=O) groups is 2. The van der Waals surface area contributed by atoms with Gasteiger partial charge in [0.05, 0.1) is 12.8 Å². The molecule has 1 fully saturated rings. The van der Waals surface area contributed by atoms with Gasteiger partial charge in [-0.2, -0.15) is 4.31 Å². The van der Waals surface area contributed by atoms with Gasteiger partial charge in [0.25, 0.3) is 0 Å². The molecule has 2 aromatic rings. The molecule has 2 aromatic carbocycles. The van der Waals surface area contributed by atoms with Crippen LogP contribution >= 0.6 is 0 Å². The lowest BCUT2D eigenvalue weighted by molar-refractivity contribution is -0.133. The fraction of sp³-hybridized carbons (Fsp3) is 0.417. The molecule has 1 saturated heterocycles. The summed E-state index contributed by atoms with van der Waals surface area (Å²) in [5.74, 6) is -0.523. The molecule has 0 radical (unpaired) electrons. The zero-order valence-corrected chi connectivity index (χ0v) is 20.1. The van der Waals surface area contributed by atoms with Gasteiger partial charge in [-0.05, 0) is 43.0 Å². The van der Waals surface area contributed by atoms with E-state index >= 15 is 0 Å². The normalized spacial score (nSPS) is 19.9. The van der Waals surface area contributed by atoms with E-state index in [9.17, 15) is 18.0 Å². The number of rotatable bonds is 6. The highest BCUT2D eigenvalue weighted by atomic mass is 32.2. The largest absolute Gasteiger partial charge is 0.350 e. The number of benzene rings is 2. The summed E-state index contributed by atoms with van der Waals surface area (Å²) in [4.78, 5) is 28.0. The second-order valence-corrected chi connectivity index (χ2v) is 10.9. The van der Waals surface area contributed by atoms with E-state index in [-0.39, 0.29) is 19.6 Å². The standard InChI is InChI=1S/C24H31N3O4S/c1-17(2)20-10-12-21(13-11-20)27-22(28)15-26(32(5,30)31)16-24(27,4)23(29)25-14-19-8-6-18(3)7-9-19/h6-13,17H,14-16H2,1-5H3,(H,25,29)/t24-/m1/s1. The molecule has 8 heteroatoms. The number of anilines is 1. The van der Waals surface area contributed by atoms with Gasteiger partial charge in [0.1, 0.15) is 5.54 Å². The minimum Gasteiger partial charge on any atom is -0.350 e. The van der Waals surface area contributed by atoms with E-state index in [0.717, 1.165) is 27.3 Å². The monoisotopic (exact) mass is 457 g/mol. The maximum atomic E-state index is 13.4. The van der Waals surface area contributed by atoms with Crippen LogP contribution in [0, 0.1) is 6.92 Å². The molecule has 1 atom stereocenters. The fourth-order valence-electron chi connectivity index (χ4n) is 3.89. The van der Waals surface area contributed by atoms with Crippen molar-refractivity contribution in [3.05, 3.63) is 65.2 Å². The Balaban J connectivity index is 1.94. The lowest BCUT2D eigenvalue weighted by atomic mass is 9.93. The average Bonchev–Trinajstić information content (AvgIpc) is 2.72. The summed E-state index contributed by atoms with van der Waals surface area (Å²) in [7, 11) is -3.65. The van der Waals surface area contributed by atoms with E-state index in [1.165, 1.54) is 4.90 Å². The van der Waals surface area contributed by atoms with Gasteiger partial charge in [-0.1, -0.05) is 55.8 Å². The van der Waals surface area contributed by atoms with Crippen molar-refractivity contribution in [1.82, 2.24) is 9.62 Å². The predicted molar refractivity (Wildman–Crippen MR) is 126 cm³/mol. The van der Waals surface area contributed by atoms with Crippen LogP contribution in [0.3, 0.4) is 0 Å². The Morgan fingerprint density at radius 2 is 1.69 bits per heavy atom. The first kappa shape index (κ1) is 23.9. The summed E-state index contributed by atoms with van der Waals surface area (Å²) in [5.41, 5.74) is 2.32. The van der Waals surface area contributed by atoms with Crippen molar-refractivity contribution >= 4 is 27.5 Å². The first-order chi connectivity index (χ1) is 14.9. The number of hydrogen-bond acceptors (Lipinski definition) is 4. The summed E-state index contributed by atoms with van der Waals surface area (Å²) >= 11 is 0. The van der Waals surface area contributed by atoms with Crippen LogP contribution in [-0.2, 0) is 26.2 Å². The molecule has 1 heterocycles. The highest BCUT2D eigenvalue weighted by Gasteiger charge is 2.50. The maximum Gasteiger partial charge on any atom is 0.247 e. The Bertz CT molecular complexity index is 1100. The Hall–Kier alpha value is -2.71. The SMILES string of the molecule is Cc1ccc(CNC(=O)[C@@]2(C)CN(S(C)(=O)=O)CC(=O)N2c2ccc(C(C)C)cc2)cc1. The molecule has 172 valence electrons. The first-order valence-electron chi connectivity index (χ1n) is 10.6. The third kappa shape index (κ3) is 5.02. The second-order valence-electron chi connectivity index (χ2n) is 8.95. The van der Waals surface area contributed by atoms with Crippen LogP contribution in [0.1, 0.15) is 43.4 Å². The molecule has 3 rings (SSSR count). The number of nitrogens with one attached hydrogen (secondary N) is 1. The molecular formula is C24H31N3O4S. The number of piperazine rings is 1. The van der Waals surface area contributed by atoms with Crippen molar-refractivity contribution in [3.8, 4) is 0 Å². The highest BCUT2D eigenvalue weighted by molar-refractivity contribution is 7.88. The third-order valence-electron chi connectivity index (χ3n) is 5.89. The van der Waals surface area contributed by atoms with Crippen LogP contribution in [0.2, 0.25) is 0 Å². The minimum atomic E-state index is -3.65. The number of nitrogens with zero attached hydrogens (tertiary/aromatic N) is 2. The highest BCUT2D eigenvalue weighted by Crippen LogP contribution is 2.31. The Kier molecular flexibility index (Phi) is 6.76. The lowest BCUT2D eigenvalue weighted by Gasteiger charge is -2.46. The van der Waals surface area contributed by atoms with Crippen molar-refractivity contribution in [3.63, 3.8) is 0 Å². The van der Waals surface area contributed by atoms with Crippen molar-refractivity contribution in [2.24, 2.45) is 0 Å². The minimum absolute atomic E-state index is 0.122. The second kappa shape index (κ2) is 9.03. The molecule has 32 heavy (non-hydrogen) atoms. The van der Waals surface area contributed by atoms with Crippen LogP contribution in [0.15, 0.2) is 48.5 Å². The van der Waals surface area contributed by atoms with Crippen molar-refractivity contribution < 1.29 is 18.0 Å². The number of amides is 2. The van der Waals surface area contributed by atoms with Crippen molar-refractivity contribution in [2.45, 2.75) is 45.7 Å². The molecule has 0 bridgehead atoms. The van der Waals surface area contributed by atoms with Gasteiger partial charge in [-0.25, -0.2) is 8.42 Å². The Morgan fingerprint density at radius 3 is 2.22 bits per heavy atom. The van der Waals surface area contributed by atoms with Gasteiger partial charge in [0.2, 0.25) is 21.8 Å². The Morgan fingerprint density at radius 1 is 1.09 bits per heavy atom. The van der Waals surface area contributed by atoms with E-state index in [1.54, 1.807) is 6.92 Å². The molecule has 1 aliphatic heterocycles. The van der Waals surface area contributed by atoms with Crippen LogP contribution < -0.4 is 10.2 Å². The van der Waals surface area contributed by atoms with Crippen molar-refractivity contribution in [1.29, 1.82) is 0 Å². The van der Waals surface area contributed by atoms with E-state index in [1.807, 2.05) is 55.5 Å². The number of sulfonamides is 1. The van der Waals surface area contributed by atoms with Gasteiger partial charge in [-0.15, -0.1) is 0 Å². The zero-order chi connectivity index (χ0) is 23.7. The van der Waals surface area contributed by atoms with Gasteiger partial charge < -0.3 is 5.32 Å². The fourth-order valence-corrected chi connectivity index (χ4v) is 4.72. The van der Waals surface area contributed by atoms with Crippen LogP contribution in [0.4, 0.5) is 5.69 Å². The molecule has 0 saturated carbocycles. The maximum absolute atomic E-state index is 13.4. The quantitative estimate of drug-likeness (QED) is 0.723. The van der Waals surface area contributed by atoms with Gasteiger partial charge in [0.15, 0.2) is 0 Å². The first-order valence-corrected chi connectivity index (χ1v) is 12.5. The van der Waals surface area contributed by atoms with Gasteiger partial charge >= 0.3 is 0 Å². The third-order valence-corrected chi connectivity index (χ3v) is 7.08. The molecule has 0 aliphatic carbocycles. The summed E-state index contributed by atoms with van der Waals surface area (Å²) in [6, 6.07) is 15.3. The molecule has 0 unspecified atom stereocenters. The zero-order valence-electron chi connectivity index (χ0n) is 19.3. The van der Waals surface area contributed by atoms with E-state index in [2.05, 4.69) is 19.2 Å². The van der Waals surface area contributed by atoms with Crippen LogP contribution in [0.5, 0.6) is 0 Å². The molecule has 2 amide bonds. The summed E-state index contributed by atoms with van der Waals surface area (Å²) in [6.07, 6.45) is 1.05. The molecular weight excluding hydrogens is 426 g/mol. The number of hydrogen-bond donors (Lipinski definition) is 1. The average molecular weight is 458 g/mol. The topological polar surface area (TPSA) is 86.8 Å². The van der Waals surface area contributed by atoms with Crippen molar-refractivity contribution in [2.75, 3.05) is 24.2 Å². The van der Waals surface area contributed by atoms with E-state index < -0.39 is 27.4 Å². The van der Waals surface area contributed by atoms with Crippen LogP contribution in [0.25, 0.3) is 0 Å². The Labute approximate surface area is 190 Å². The number of aryl methyl sites for hydroxylation is 1. The van der Waals surface area contributed by atoms with E-state index in [0.29, 0.717) is 11.6 Å². The smallest absolute Gasteiger partial charge is 0.247 e. The molecule has 7 nitrogen and oxygen atoms in total. The number of carbonyl (C=O) groups excluding carboxylic acids is 2. The summed E-state index contributed by atoms with van der Waals surface area (Å²) in [6.45, 7) is 7.61. The van der Waals surface area contributed by atoms with E-state index in [4.69, 9.17) is 0 Å². The van der Waals surface area contributed by atoms with Gasteiger partial charge in [-0.3, -0.25) is 14.5 Å². The molecule has 1 aliphatic rings. The molecule has 1 N–H and O–H groups in total. The molecule has 0 spiro atoms.